The second-order valence-corrected chi connectivity index (χ2v) is 27.6. The maximum Gasteiger partial charge on any atom is 0.303 e. The van der Waals surface area contributed by atoms with Gasteiger partial charge in [-0.3, -0.25) is 29.2 Å². The van der Waals surface area contributed by atoms with Crippen molar-refractivity contribution in [3.63, 3.8) is 0 Å². The van der Waals surface area contributed by atoms with Crippen LogP contribution in [-0.2, 0) is 33.6 Å². The van der Waals surface area contributed by atoms with E-state index in [9.17, 15) is 64.8 Å². The fraction of sp³-hybridized carbons (Fsp3) is 0.470. The number of carboxylic acid groups (broad SMARTS) is 5. The fourth-order valence-corrected chi connectivity index (χ4v) is 9.29. The SMILES string of the molecule is CCC(O)/C=C/C=C\C/C=C\C/C=C\C/C=C\CCCC(=O)O.CCC(O)/C=C/C=C\C/C=C\C/C=C\C=C\[C@H](CCCC(=O)O)OO.CCC(O)/C=C/C=C\C/C=C\C/C=C\CC[C@@H](O)CCCC(=O)O.CCC(O)/C=C/C=C\C[C@@H](O)/C=C/C=C/C=C/[C@@H](O)CCCC(=O)O.CCC(O)/C=C/C=C\C\C=C/C=C/C=C/[C@@H]1O[C@H]1CCCC(=O)O. The fourth-order valence-electron chi connectivity index (χ4n) is 9.29. The minimum Gasteiger partial charge on any atom is -0.481 e. The molecule has 14 N–H and O–H groups in total. The molecule has 1 heterocycles. The van der Waals surface area contributed by atoms with Crippen molar-refractivity contribution >= 4 is 29.8 Å². The van der Waals surface area contributed by atoms with Gasteiger partial charge in [0, 0.05) is 32.1 Å². The second kappa shape index (κ2) is 92.9. The van der Waals surface area contributed by atoms with E-state index < -0.39 is 60.4 Å². The van der Waals surface area contributed by atoms with Crippen molar-refractivity contribution in [2.45, 2.75) is 301 Å². The van der Waals surface area contributed by atoms with E-state index in [1.807, 2.05) is 168 Å². The van der Waals surface area contributed by atoms with E-state index in [4.69, 9.17) is 35.5 Å². The highest BCUT2D eigenvalue weighted by atomic mass is 17.1. The van der Waals surface area contributed by atoms with Crippen LogP contribution in [0.2, 0.25) is 0 Å². The van der Waals surface area contributed by atoms with Gasteiger partial charge < -0.3 is 71.1 Å². The van der Waals surface area contributed by atoms with Crippen molar-refractivity contribution in [2.24, 2.45) is 0 Å². The topological polar surface area (TPSA) is 390 Å². The third-order valence-electron chi connectivity index (χ3n) is 16.7. The van der Waals surface area contributed by atoms with Gasteiger partial charge >= 0.3 is 29.8 Å². The smallest absolute Gasteiger partial charge is 0.303 e. The number of carboxylic acids is 5. The molecule has 676 valence electrons. The molecule has 121 heavy (non-hydrogen) atoms. The van der Waals surface area contributed by atoms with Gasteiger partial charge in [0.2, 0.25) is 0 Å². The van der Waals surface area contributed by atoms with Crippen LogP contribution in [0.4, 0.5) is 0 Å². The molecule has 0 bridgehead atoms. The molecule has 21 nitrogen and oxygen atoms in total. The summed E-state index contributed by atoms with van der Waals surface area (Å²) >= 11 is 0. The predicted molar refractivity (Wildman–Crippen MR) is 493 cm³/mol. The van der Waals surface area contributed by atoms with Crippen LogP contribution in [0.5, 0.6) is 0 Å². The Kier molecular flexibility index (Phi) is 90.6. The van der Waals surface area contributed by atoms with Gasteiger partial charge in [0.15, 0.2) is 0 Å². The van der Waals surface area contributed by atoms with E-state index in [-0.39, 0.29) is 68.7 Å². The molecule has 1 rings (SSSR count). The number of aliphatic hydroxyl groups is 8. The van der Waals surface area contributed by atoms with E-state index >= 15 is 0 Å². The molecule has 0 saturated carbocycles. The summed E-state index contributed by atoms with van der Waals surface area (Å²) in [6.45, 7) is 9.66. The first-order valence-electron chi connectivity index (χ1n) is 42.8. The zero-order valence-electron chi connectivity index (χ0n) is 72.6. The Morgan fingerprint density at radius 2 is 0.579 bits per heavy atom. The molecule has 5 unspecified atom stereocenters. The summed E-state index contributed by atoms with van der Waals surface area (Å²) in [6, 6.07) is 0. The van der Waals surface area contributed by atoms with Crippen molar-refractivity contribution in [2.75, 3.05) is 0 Å². The number of ether oxygens (including phenoxy) is 1. The average Bonchev–Trinajstić information content (AvgIpc) is 1.70. The third-order valence-corrected chi connectivity index (χ3v) is 16.7. The van der Waals surface area contributed by atoms with E-state index in [0.29, 0.717) is 70.6 Å². The number of aliphatic hydroxyl groups excluding tert-OH is 8. The van der Waals surface area contributed by atoms with E-state index in [2.05, 4.69) is 71.7 Å². The number of rotatable bonds is 66. The molecule has 1 fully saturated rings. The summed E-state index contributed by atoms with van der Waals surface area (Å²) in [4.78, 5) is 56.1. The lowest BCUT2D eigenvalue weighted by molar-refractivity contribution is -0.267. The van der Waals surface area contributed by atoms with Crippen LogP contribution in [0.25, 0.3) is 0 Å². The summed E-state index contributed by atoms with van der Waals surface area (Å²) in [5.41, 5.74) is 0. The summed E-state index contributed by atoms with van der Waals surface area (Å²) in [5, 5.41) is 127. The molecule has 0 aliphatic carbocycles. The maximum absolute atomic E-state index is 10.4. The first kappa shape index (κ1) is 118. The zero-order chi connectivity index (χ0) is 90.5. The van der Waals surface area contributed by atoms with Crippen LogP contribution in [0, 0.1) is 0 Å². The number of aliphatic carboxylic acids is 5. The molecule has 0 spiro atoms. The van der Waals surface area contributed by atoms with Crippen LogP contribution in [0.3, 0.4) is 0 Å². The zero-order valence-corrected chi connectivity index (χ0v) is 72.6. The maximum atomic E-state index is 10.4. The highest BCUT2D eigenvalue weighted by molar-refractivity contribution is 5.67. The lowest BCUT2D eigenvalue weighted by Crippen LogP contribution is -2.08. The molecular formula is C100H150O21. The molecule has 1 aliphatic rings. The molecule has 11 atom stereocenters. The third kappa shape index (κ3) is 103. The van der Waals surface area contributed by atoms with Gasteiger partial charge in [-0.05, 0) is 167 Å². The Labute approximate surface area is 723 Å². The number of epoxide rings is 1. The standard InChI is InChI=1S/2C20H30O5.C20H28O4.C20H32O4.C20H30O3/c1-2-17(21)11-8-5-9-14-18(22)12-6-3-4-7-13-19(23)15-10-16-20(24)25;1-2-18(21)14-11-9-7-5-3-4-6-8-10-12-15-19(25-24)16-13-17-20(22)23;1-2-17(21)13-10-8-6-4-3-5-7-9-11-14-18-19(24-18)15-12-16-20(22)23;1-2-18(21)14-11-9-7-5-3-4-6-8-10-12-15-19(22)16-13-17-20(23)24;1-2-19(21)17-15-13-11-9-7-5-3-4-6-8-10-12-14-16-18-20(22)23/h3-9,11-13,17-19,21-23H,2,10,14-16H2,1H3,(H,24,25);3-4,7-12,14-15,18-19,21,24H,2,5-6,13,16-17H2,1H3,(H,22,23);3,5-11,13-14,17-19,21H,2,4,12,15-16H2,1H3,(H,22,23);3-4,7-11,14,18-19,21-22H,2,5-6,12-13,15-17H2,1H3,(H,23,24);4-7,10-13,15,17,19,21H,2-3,8-9,14,16,18H2,1H3,(H,22,23)/b4-3+,9-5-,11-8+,12-6+,13-7+;4-3-,9-7-,10-8-,14-11+,15-12+;5-3-,8-6-,9-7+,13-10+,14-11+;4-3-,9-7-,10-8-,14-11+;6-4-,7-5-,12-10-,13-11-,17-15+/t17?,18-,19+;18?,19-;17?,18-,19-;18?,19-;/m0101./s1. The highest BCUT2D eigenvalue weighted by Gasteiger charge is 2.35. The molecule has 1 saturated heterocycles. The van der Waals surface area contributed by atoms with E-state index in [1.165, 1.54) is 0 Å². The minimum atomic E-state index is -0.857. The molecule has 0 aromatic carbocycles. The lowest BCUT2D eigenvalue weighted by Gasteiger charge is -2.07. The monoisotopic (exact) mass is 1690 g/mol. The van der Waals surface area contributed by atoms with Gasteiger partial charge in [0.05, 0.1) is 54.9 Å². The van der Waals surface area contributed by atoms with Gasteiger partial charge in [0.1, 0.15) is 12.2 Å². The molecular weight excluding hydrogens is 1540 g/mol. The largest absolute Gasteiger partial charge is 0.481 e. The highest BCUT2D eigenvalue weighted by Crippen LogP contribution is 2.28. The predicted octanol–water partition coefficient (Wildman–Crippen LogP) is 20.4. The molecule has 0 aromatic rings. The van der Waals surface area contributed by atoms with Crippen molar-refractivity contribution in [3.05, 3.63) is 292 Å². The van der Waals surface area contributed by atoms with Crippen molar-refractivity contribution in [1.29, 1.82) is 0 Å². The lowest BCUT2D eigenvalue weighted by atomic mass is 10.1. The van der Waals surface area contributed by atoms with Crippen molar-refractivity contribution in [1.82, 2.24) is 0 Å². The summed E-state index contributed by atoms with van der Waals surface area (Å²) < 4.78 is 5.44. The first-order chi connectivity index (χ1) is 58.4. The van der Waals surface area contributed by atoms with Crippen LogP contribution >= 0.6 is 0 Å². The van der Waals surface area contributed by atoms with Crippen LogP contribution in [0.1, 0.15) is 234 Å². The number of carbonyl (C=O) groups is 5. The molecule has 1 aliphatic heterocycles. The van der Waals surface area contributed by atoms with Gasteiger partial charge in [-0.1, -0.05) is 326 Å². The van der Waals surface area contributed by atoms with Gasteiger partial charge in [-0.15, -0.1) is 0 Å². The number of unbranched alkanes of at least 4 members (excludes halogenated alkanes) is 1. The van der Waals surface area contributed by atoms with Crippen LogP contribution in [-0.4, -0.2) is 169 Å². The van der Waals surface area contributed by atoms with Gasteiger partial charge in [0.25, 0.3) is 0 Å². The van der Waals surface area contributed by atoms with Crippen LogP contribution in [0.15, 0.2) is 292 Å². The molecule has 21 heteroatoms. The number of hydrogen-bond acceptors (Lipinski definition) is 16. The van der Waals surface area contributed by atoms with Gasteiger partial charge in [-0.2, -0.15) is 0 Å². The Morgan fingerprint density at radius 1 is 0.289 bits per heavy atom. The first-order valence-corrected chi connectivity index (χ1v) is 42.8. The molecule has 0 radical (unpaired) electrons. The van der Waals surface area contributed by atoms with E-state index in [0.717, 1.165) is 96.3 Å². The average molecular weight is 1690 g/mol. The quantitative estimate of drug-likeness (QED) is 0.00671. The summed E-state index contributed by atoms with van der Waals surface area (Å²) in [6.07, 6.45) is 107. The van der Waals surface area contributed by atoms with Crippen LogP contribution < -0.4 is 0 Å². The second-order valence-electron chi connectivity index (χ2n) is 27.6. The van der Waals surface area contributed by atoms with E-state index in [1.54, 1.807) is 91.1 Å². The summed E-state index contributed by atoms with van der Waals surface area (Å²) in [5.74, 6) is -3.99. The minimum absolute atomic E-state index is 0.0603. The normalized spacial score (nSPS) is 16.8. The Morgan fingerprint density at radius 3 is 0.975 bits per heavy atom. The Balaban J connectivity index is -0.000000707. The summed E-state index contributed by atoms with van der Waals surface area (Å²) in [7, 11) is 0. The number of hydrogen-bond donors (Lipinski definition) is 14. The number of allylic oxidation sites excluding steroid dienone is 38. The van der Waals surface area contributed by atoms with Gasteiger partial charge in [-0.25, -0.2) is 4.89 Å². The molecule has 0 aromatic heterocycles. The van der Waals surface area contributed by atoms with Crippen molar-refractivity contribution in [3.8, 4) is 0 Å². The Hall–Kier alpha value is -9.33. The van der Waals surface area contributed by atoms with Crippen molar-refractivity contribution < 1.29 is 105 Å². The molecule has 0 amide bonds. The Bertz CT molecular complexity index is 3310.